The molecule has 6 aliphatic rings. The molecule has 0 aromatic carbocycles. The zero-order chi connectivity index (χ0) is 23.0. The van der Waals surface area contributed by atoms with Gasteiger partial charge >= 0.3 is 0 Å². The molecule has 0 radical (unpaired) electrons. The normalized spacial score (nSPS) is 47.9. The van der Waals surface area contributed by atoms with Crippen molar-refractivity contribution in [1.29, 1.82) is 0 Å². The van der Waals surface area contributed by atoms with Crippen molar-refractivity contribution in [3.8, 4) is 0 Å². The number of nitrogens with one attached hydrogen (secondary N) is 1. The van der Waals surface area contributed by atoms with Gasteiger partial charge in [0.05, 0.1) is 18.4 Å². The summed E-state index contributed by atoms with van der Waals surface area (Å²) in [5.41, 5.74) is -1.51. The number of hydrogen-bond donors (Lipinski definition) is 4. The van der Waals surface area contributed by atoms with Gasteiger partial charge in [0.1, 0.15) is 11.5 Å². The van der Waals surface area contributed by atoms with E-state index in [-0.39, 0.29) is 35.7 Å². The Bertz CT molecular complexity index is 1050. The largest absolute Gasteiger partial charge is 0.391 e. The first kappa shape index (κ1) is 21.2. The average Bonchev–Trinajstić information content (AvgIpc) is 3.12. The van der Waals surface area contributed by atoms with E-state index < -0.39 is 34.7 Å². The Morgan fingerprint density at radius 2 is 1.97 bits per heavy atom. The van der Waals surface area contributed by atoms with E-state index in [0.29, 0.717) is 18.4 Å². The van der Waals surface area contributed by atoms with E-state index in [4.69, 9.17) is 9.72 Å². The smallest absolute Gasteiger partial charge is 0.208 e. The quantitative estimate of drug-likeness (QED) is 0.500. The molecule has 1 aromatic heterocycles. The fourth-order valence-corrected chi connectivity index (χ4v) is 9.84. The zero-order valence-corrected chi connectivity index (χ0v) is 19.8. The van der Waals surface area contributed by atoms with Crippen molar-refractivity contribution < 1.29 is 24.9 Å². The second kappa shape index (κ2) is 6.02. The number of nitrogens with zero attached hydrogens (tertiary/aromatic N) is 1. The molecule has 32 heavy (non-hydrogen) atoms. The van der Waals surface area contributed by atoms with Crippen LogP contribution in [0.5, 0.6) is 0 Å². The standard InChI is InChI=1S/C24H32N2O5S/c1-10(2)25-20-26-16-13(32-20)8-21(4,5)15-19(29)24(30)23-14(22(15,16)9-31-24)7-6-12(18(23)28)11(3)17(23)27/h10,12,14-15,18-19,28-30H,3,6-9H2,1-2,4-5H3,(H,25,26)/t12-,14-,15+,18+,19-,22-,23-,24?/m0/s1. The molecule has 0 amide bonds. The SMILES string of the molecule is C=C1C(=O)[C@]23[C@H](O)[C@H]1CC[C@H]2[C@@]12COC3(O)[C@@H](O)[C@@H]1C(C)(C)Cc1sc(NC(C)C)nc12. The lowest BCUT2D eigenvalue weighted by atomic mass is 9.36. The second-order valence-electron chi connectivity index (χ2n) is 11.6. The number of fused-ring (bicyclic) bond motifs is 3. The Labute approximate surface area is 191 Å². The third kappa shape index (κ3) is 2.01. The van der Waals surface area contributed by atoms with Gasteiger partial charge in [0.25, 0.3) is 0 Å². The van der Waals surface area contributed by atoms with Gasteiger partial charge in [-0.15, -0.1) is 11.3 Å². The maximum absolute atomic E-state index is 13.7. The fraction of sp³-hybridized carbons (Fsp3) is 0.750. The van der Waals surface area contributed by atoms with E-state index in [2.05, 4.69) is 39.6 Å². The number of hydrogen-bond acceptors (Lipinski definition) is 8. The Morgan fingerprint density at radius 1 is 1.25 bits per heavy atom. The van der Waals surface area contributed by atoms with Gasteiger partial charge in [-0.3, -0.25) is 4.79 Å². The summed E-state index contributed by atoms with van der Waals surface area (Å²) in [5.74, 6) is -3.62. The summed E-state index contributed by atoms with van der Waals surface area (Å²) >= 11 is 1.62. The fourth-order valence-electron chi connectivity index (χ4n) is 8.40. The van der Waals surface area contributed by atoms with Crippen LogP contribution in [0.25, 0.3) is 0 Å². The molecule has 4 N–H and O–H groups in total. The number of carbonyl (C=O) groups is 1. The van der Waals surface area contributed by atoms with Crippen molar-refractivity contribution in [2.24, 2.45) is 28.6 Å². The maximum atomic E-state index is 13.7. The van der Waals surface area contributed by atoms with E-state index in [0.717, 1.165) is 22.1 Å². The van der Waals surface area contributed by atoms with E-state index in [1.807, 2.05) is 0 Å². The molecule has 2 aliphatic heterocycles. The van der Waals surface area contributed by atoms with Crippen LogP contribution in [0, 0.1) is 28.6 Å². The summed E-state index contributed by atoms with van der Waals surface area (Å²) in [7, 11) is 0. The van der Waals surface area contributed by atoms with Crippen molar-refractivity contribution in [3.05, 3.63) is 22.7 Å². The minimum Gasteiger partial charge on any atom is -0.391 e. The number of Topliss-reactive ketones (excluding diaryl/α,β-unsaturated/α-hetero) is 1. The molecule has 2 saturated heterocycles. The van der Waals surface area contributed by atoms with Crippen molar-refractivity contribution in [3.63, 3.8) is 0 Å². The van der Waals surface area contributed by atoms with Gasteiger partial charge in [0.2, 0.25) is 5.79 Å². The highest BCUT2D eigenvalue weighted by Crippen LogP contribution is 2.75. The minimum atomic E-state index is -2.14. The van der Waals surface area contributed by atoms with Crippen LogP contribution in [0.4, 0.5) is 5.13 Å². The lowest BCUT2D eigenvalue weighted by Gasteiger charge is -2.73. The number of thiazole rings is 1. The molecule has 1 aromatic rings. The van der Waals surface area contributed by atoms with Gasteiger partial charge < -0.3 is 25.4 Å². The van der Waals surface area contributed by atoms with Crippen LogP contribution in [-0.2, 0) is 21.4 Å². The Balaban J connectivity index is 1.65. The summed E-state index contributed by atoms with van der Waals surface area (Å²) in [6.07, 6.45) is -0.427. The maximum Gasteiger partial charge on any atom is 0.208 e. The first-order chi connectivity index (χ1) is 14.9. The van der Waals surface area contributed by atoms with E-state index in [1.165, 1.54) is 0 Å². The monoisotopic (exact) mass is 460 g/mol. The number of ketones is 1. The van der Waals surface area contributed by atoms with Crippen molar-refractivity contribution in [2.45, 2.75) is 76.4 Å². The number of aromatic nitrogens is 1. The van der Waals surface area contributed by atoms with Gasteiger partial charge in [-0.25, -0.2) is 4.98 Å². The second-order valence-corrected chi connectivity index (χ2v) is 12.7. The van der Waals surface area contributed by atoms with Crippen LogP contribution in [0.3, 0.4) is 0 Å². The van der Waals surface area contributed by atoms with Crippen LogP contribution in [0.1, 0.15) is 51.1 Å². The number of aliphatic hydroxyl groups excluding tert-OH is 2. The molecule has 4 bridgehead atoms. The number of ether oxygens (including phenoxy) is 1. The summed E-state index contributed by atoms with van der Waals surface area (Å²) < 4.78 is 6.08. The molecule has 7 nitrogen and oxygen atoms in total. The number of aliphatic hydroxyl groups is 3. The molecule has 174 valence electrons. The van der Waals surface area contributed by atoms with Crippen LogP contribution >= 0.6 is 11.3 Å². The van der Waals surface area contributed by atoms with E-state index in [9.17, 15) is 20.1 Å². The molecule has 3 saturated carbocycles. The van der Waals surface area contributed by atoms with E-state index in [1.54, 1.807) is 11.3 Å². The Kier molecular flexibility index (Phi) is 3.99. The van der Waals surface area contributed by atoms with E-state index >= 15 is 0 Å². The lowest BCUT2D eigenvalue weighted by Crippen LogP contribution is -2.85. The zero-order valence-electron chi connectivity index (χ0n) is 19.0. The Hall–Kier alpha value is -1.32. The highest BCUT2D eigenvalue weighted by atomic mass is 32.1. The predicted octanol–water partition coefficient (Wildman–Crippen LogP) is 2.01. The number of carbonyl (C=O) groups excluding carboxylic acids is 1. The van der Waals surface area contributed by atoms with Gasteiger partial charge in [0.15, 0.2) is 10.9 Å². The predicted molar refractivity (Wildman–Crippen MR) is 119 cm³/mol. The van der Waals surface area contributed by atoms with Crippen LogP contribution in [-0.4, -0.2) is 56.7 Å². The van der Waals surface area contributed by atoms with Crippen LogP contribution in [0.2, 0.25) is 0 Å². The number of anilines is 1. The molecule has 2 spiro atoms. The summed E-state index contributed by atoms with van der Waals surface area (Å²) in [6.45, 7) is 12.5. The molecule has 5 fully saturated rings. The van der Waals surface area contributed by atoms with Crippen molar-refractivity contribution >= 4 is 22.3 Å². The van der Waals surface area contributed by atoms with Gasteiger partial charge in [0, 0.05) is 28.2 Å². The summed E-state index contributed by atoms with van der Waals surface area (Å²) in [6, 6.07) is 0.219. The highest BCUT2D eigenvalue weighted by molar-refractivity contribution is 7.15. The molecule has 7 rings (SSSR count). The molecule has 4 aliphatic carbocycles. The first-order valence-corrected chi connectivity index (χ1v) is 12.5. The molecular weight excluding hydrogens is 428 g/mol. The topological polar surface area (TPSA) is 112 Å². The summed E-state index contributed by atoms with van der Waals surface area (Å²) in [5, 5.41) is 39.4. The average molecular weight is 461 g/mol. The Morgan fingerprint density at radius 3 is 2.66 bits per heavy atom. The third-order valence-electron chi connectivity index (χ3n) is 9.30. The van der Waals surface area contributed by atoms with Gasteiger partial charge in [-0.05, 0) is 50.0 Å². The first-order valence-electron chi connectivity index (χ1n) is 11.7. The van der Waals surface area contributed by atoms with Crippen LogP contribution in [0.15, 0.2) is 12.2 Å². The molecule has 8 heteroatoms. The summed E-state index contributed by atoms with van der Waals surface area (Å²) in [4.78, 5) is 19.9. The van der Waals surface area contributed by atoms with Crippen molar-refractivity contribution in [1.82, 2.24) is 4.98 Å². The van der Waals surface area contributed by atoms with Crippen LogP contribution < -0.4 is 5.32 Å². The molecule has 8 atom stereocenters. The molecule has 1 unspecified atom stereocenters. The van der Waals surface area contributed by atoms with Crippen molar-refractivity contribution in [2.75, 3.05) is 11.9 Å². The number of rotatable bonds is 2. The molecular formula is C24H32N2O5S. The molecule has 3 heterocycles. The minimum absolute atomic E-state index is 0.177. The highest BCUT2D eigenvalue weighted by Gasteiger charge is 2.86. The van der Waals surface area contributed by atoms with Gasteiger partial charge in [-0.2, -0.15) is 0 Å². The van der Waals surface area contributed by atoms with Gasteiger partial charge in [-0.1, -0.05) is 20.4 Å². The lowest BCUT2D eigenvalue weighted by molar-refractivity contribution is -0.429. The third-order valence-corrected chi connectivity index (χ3v) is 10.3.